The highest BCUT2D eigenvalue weighted by Crippen LogP contribution is 2.09. The lowest BCUT2D eigenvalue weighted by Gasteiger charge is -2.28. The van der Waals surface area contributed by atoms with Crippen LogP contribution in [0.5, 0.6) is 0 Å². The van der Waals surface area contributed by atoms with Crippen LogP contribution in [0.1, 0.15) is 59.3 Å². The van der Waals surface area contributed by atoms with Gasteiger partial charge in [0.2, 0.25) is 0 Å². The molecule has 0 heterocycles. The van der Waals surface area contributed by atoms with E-state index in [2.05, 4.69) is 25.7 Å². The first-order valence-corrected chi connectivity index (χ1v) is 6.43. The van der Waals surface area contributed by atoms with E-state index in [1.54, 1.807) is 0 Å². The fourth-order valence-electron chi connectivity index (χ4n) is 1.77. The topological polar surface area (TPSA) is 20.3 Å². The van der Waals surface area contributed by atoms with Crippen LogP contribution in [-0.2, 0) is 4.79 Å². The Bertz CT molecular complexity index is 139. The molecule has 0 aromatic rings. The Hall–Kier alpha value is -0.370. The Morgan fingerprint density at radius 2 is 1.67 bits per heavy atom. The van der Waals surface area contributed by atoms with Crippen molar-refractivity contribution in [2.45, 2.75) is 65.3 Å². The van der Waals surface area contributed by atoms with Crippen molar-refractivity contribution in [3.63, 3.8) is 0 Å². The van der Waals surface area contributed by atoms with Gasteiger partial charge in [-0.25, -0.2) is 0 Å². The van der Waals surface area contributed by atoms with E-state index < -0.39 is 0 Å². The van der Waals surface area contributed by atoms with Gasteiger partial charge in [-0.1, -0.05) is 26.7 Å². The van der Waals surface area contributed by atoms with Crippen LogP contribution in [0, 0.1) is 0 Å². The van der Waals surface area contributed by atoms with E-state index in [1.807, 2.05) is 0 Å². The highest BCUT2D eigenvalue weighted by atomic mass is 16.1. The largest absolute Gasteiger partial charge is 0.303 e. The molecule has 0 bridgehead atoms. The van der Waals surface area contributed by atoms with Crippen LogP contribution in [-0.4, -0.2) is 30.3 Å². The molecule has 0 saturated carbocycles. The first-order valence-electron chi connectivity index (χ1n) is 6.43. The number of hydrogen-bond donors (Lipinski definition) is 0. The average Bonchev–Trinajstić information content (AvgIpc) is 2.26. The maximum Gasteiger partial charge on any atom is 0.120 e. The minimum Gasteiger partial charge on any atom is -0.303 e. The van der Waals surface area contributed by atoms with Crippen molar-refractivity contribution in [3.8, 4) is 0 Å². The lowest BCUT2D eigenvalue weighted by atomic mass is 10.1. The molecule has 0 fully saturated rings. The number of rotatable bonds is 10. The predicted molar refractivity (Wildman–Crippen MR) is 66.1 cm³/mol. The molecule has 0 N–H and O–H groups in total. The quantitative estimate of drug-likeness (QED) is 0.519. The van der Waals surface area contributed by atoms with Crippen molar-refractivity contribution >= 4 is 6.29 Å². The first kappa shape index (κ1) is 14.6. The van der Waals surface area contributed by atoms with E-state index in [-0.39, 0.29) is 0 Å². The number of unbranched alkanes of at least 4 members (excludes halogenated alkanes) is 2. The molecule has 0 aromatic heterocycles. The smallest absolute Gasteiger partial charge is 0.120 e. The van der Waals surface area contributed by atoms with Gasteiger partial charge in [-0.05, 0) is 39.3 Å². The molecule has 0 aliphatic rings. The maximum atomic E-state index is 10.3. The highest BCUT2D eigenvalue weighted by molar-refractivity contribution is 5.49. The van der Waals surface area contributed by atoms with Gasteiger partial charge in [0.15, 0.2) is 0 Å². The molecule has 0 rings (SSSR count). The van der Waals surface area contributed by atoms with Crippen molar-refractivity contribution in [3.05, 3.63) is 0 Å². The van der Waals surface area contributed by atoms with Crippen LogP contribution in [0.25, 0.3) is 0 Å². The molecule has 2 heteroatoms. The van der Waals surface area contributed by atoms with Gasteiger partial charge in [0.25, 0.3) is 0 Å². The monoisotopic (exact) mass is 213 g/mol. The number of carbonyl (C=O) groups is 1. The molecule has 15 heavy (non-hydrogen) atoms. The van der Waals surface area contributed by atoms with Gasteiger partial charge in [0.05, 0.1) is 0 Å². The van der Waals surface area contributed by atoms with Crippen molar-refractivity contribution in [2.24, 2.45) is 0 Å². The second-order valence-electron chi connectivity index (χ2n) is 4.34. The van der Waals surface area contributed by atoms with Crippen LogP contribution in [0.4, 0.5) is 0 Å². The molecule has 0 aromatic carbocycles. The van der Waals surface area contributed by atoms with Gasteiger partial charge < -0.3 is 9.69 Å². The molecule has 1 atom stereocenters. The standard InChI is InChI=1S/C13H27NO/c1-4-6-10-14(11-7-5-2)13(3)9-8-12-15/h12-13H,4-11H2,1-3H3. The molecule has 0 saturated heterocycles. The van der Waals surface area contributed by atoms with Crippen molar-refractivity contribution in [2.75, 3.05) is 13.1 Å². The van der Waals surface area contributed by atoms with E-state index in [4.69, 9.17) is 0 Å². The highest BCUT2D eigenvalue weighted by Gasteiger charge is 2.11. The summed E-state index contributed by atoms with van der Waals surface area (Å²) in [4.78, 5) is 12.9. The molecular weight excluding hydrogens is 186 g/mol. The van der Waals surface area contributed by atoms with Crippen molar-refractivity contribution in [1.29, 1.82) is 0 Å². The number of carbonyl (C=O) groups excluding carboxylic acids is 1. The van der Waals surface area contributed by atoms with E-state index in [1.165, 1.54) is 38.8 Å². The molecule has 90 valence electrons. The summed E-state index contributed by atoms with van der Waals surface area (Å²) in [6.45, 7) is 9.09. The molecule has 0 amide bonds. The summed E-state index contributed by atoms with van der Waals surface area (Å²) in [5.74, 6) is 0. The van der Waals surface area contributed by atoms with Gasteiger partial charge in [-0.15, -0.1) is 0 Å². The summed E-state index contributed by atoms with van der Waals surface area (Å²) in [5.41, 5.74) is 0. The Morgan fingerprint density at radius 3 is 2.07 bits per heavy atom. The third-order valence-electron chi connectivity index (χ3n) is 2.92. The minimum absolute atomic E-state index is 0.563. The molecule has 0 spiro atoms. The minimum atomic E-state index is 0.563. The van der Waals surface area contributed by atoms with E-state index in [0.29, 0.717) is 12.5 Å². The van der Waals surface area contributed by atoms with E-state index in [0.717, 1.165) is 12.7 Å². The Morgan fingerprint density at radius 1 is 1.13 bits per heavy atom. The molecular formula is C13H27NO. The van der Waals surface area contributed by atoms with Gasteiger partial charge in [-0.2, -0.15) is 0 Å². The van der Waals surface area contributed by atoms with Crippen molar-refractivity contribution < 1.29 is 4.79 Å². The number of nitrogens with zero attached hydrogens (tertiary/aromatic N) is 1. The third kappa shape index (κ3) is 7.55. The number of aldehydes is 1. The summed E-state index contributed by atoms with van der Waals surface area (Å²) in [7, 11) is 0. The Balaban J connectivity index is 3.89. The van der Waals surface area contributed by atoms with Crippen LogP contribution in [0.3, 0.4) is 0 Å². The zero-order valence-corrected chi connectivity index (χ0v) is 10.7. The molecule has 1 unspecified atom stereocenters. The van der Waals surface area contributed by atoms with Crippen LogP contribution in [0.2, 0.25) is 0 Å². The number of hydrogen-bond acceptors (Lipinski definition) is 2. The lowest BCUT2D eigenvalue weighted by molar-refractivity contribution is -0.108. The second kappa shape index (κ2) is 10.2. The fraction of sp³-hybridized carbons (Fsp3) is 0.923. The molecule has 0 aliphatic carbocycles. The normalized spacial score (nSPS) is 13.1. The summed E-state index contributed by atoms with van der Waals surface area (Å²) < 4.78 is 0. The predicted octanol–water partition coefficient (Wildman–Crippen LogP) is 3.26. The zero-order chi connectivity index (χ0) is 11.5. The zero-order valence-electron chi connectivity index (χ0n) is 10.7. The van der Waals surface area contributed by atoms with Gasteiger partial charge in [0, 0.05) is 12.5 Å². The van der Waals surface area contributed by atoms with E-state index in [9.17, 15) is 4.79 Å². The second-order valence-corrected chi connectivity index (χ2v) is 4.34. The summed E-state index contributed by atoms with van der Waals surface area (Å²) >= 11 is 0. The Kier molecular flexibility index (Phi) is 9.91. The summed E-state index contributed by atoms with van der Waals surface area (Å²) in [6.07, 6.45) is 7.80. The maximum absolute atomic E-state index is 10.3. The van der Waals surface area contributed by atoms with Gasteiger partial charge in [0.1, 0.15) is 6.29 Å². The first-order chi connectivity index (χ1) is 7.26. The van der Waals surface area contributed by atoms with Gasteiger partial charge >= 0.3 is 0 Å². The van der Waals surface area contributed by atoms with E-state index >= 15 is 0 Å². The fourth-order valence-corrected chi connectivity index (χ4v) is 1.77. The average molecular weight is 213 g/mol. The van der Waals surface area contributed by atoms with Crippen LogP contribution < -0.4 is 0 Å². The Labute approximate surface area is 95.0 Å². The van der Waals surface area contributed by atoms with Crippen molar-refractivity contribution in [1.82, 2.24) is 4.90 Å². The van der Waals surface area contributed by atoms with Crippen LogP contribution >= 0.6 is 0 Å². The summed E-state index contributed by atoms with van der Waals surface area (Å²) in [5, 5.41) is 0. The molecule has 2 nitrogen and oxygen atoms in total. The summed E-state index contributed by atoms with van der Waals surface area (Å²) in [6, 6.07) is 0.563. The molecule has 0 aliphatic heterocycles. The SMILES string of the molecule is CCCCN(CCCC)C(C)CCC=O. The van der Waals surface area contributed by atoms with Crippen LogP contribution in [0.15, 0.2) is 0 Å². The third-order valence-corrected chi connectivity index (χ3v) is 2.92. The van der Waals surface area contributed by atoms with Gasteiger partial charge in [-0.3, -0.25) is 0 Å². The molecule has 0 radical (unpaired) electrons. The lowest BCUT2D eigenvalue weighted by Crippen LogP contribution is -2.34.